The first kappa shape index (κ1) is 35.2. The molecular weight excluding hydrogens is 677 g/mol. The molecule has 11 heteroatoms. The maximum atomic E-state index is 14.1. The number of rotatable bonds is 12. The quantitative estimate of drug-likeness (QED) is 0.180. The van der Waals surface area contributed by atoms with Gasteiger partial charge >= 0.3 is 0 Å². The van der Waals surface area contributed by atoms with E-state index in [9.17, 15) is 18.4 Å². The molecule has 2 N–H and O–H groups in total. The molecule has 8 nitrogen and oxygen atoms in total. The third-order valence-electron chi connectivity index (χ3n) is 7.32. The largest absolute Gasteiger partial charge is 0.349 e. The third kappa shape index (κ3) is 9.86. The SMILES string of the molecule is CCN(CC)CCNC(=O)c1cc(F)c2cc(C)ccc2n1.CCN(CC)CCNC(=O)c1cc(F)c2cc(I)ccc2n1. The van der Waals surface area contributed by atoms with Gasteiger partial charge in [-0.2, -0.15) is 0 Å². The van der Waals surface area contributed by atoms with Crippen LogP contribution in [0, 0.1) is 22.1 Å². The van der Waals surface area contributed by atoms with Crippen LogP contribution in [0.5, 0.6) is 0 Å². The summed E-state index contributed by atoms with van der Waals surface area (Å²) in [6, 6.07) is 13.0. The zero-order chi connectivity index (χ0) is 32.2. The van der Waals surface area contributed by atoms with Crippen LogP contribution in [-0.4, -0.2) is 83.9 Å². The van der Waals surface area contributed by atoms with Crippen molar-refractivity contribution < 1.29 is 18.4 Å². The number of aryl methyl sites for hydroxylation is 1. The number of pyridine rings is 2. The molecule has 2 aromatic carbocycles. The Morgan fingerprint density at radius 3 is 1.59 bits per heavy atom. The summed E-state index contributed by atoms with van der Waals surface area (Å²) in [6.07, 6.45) is 0. The average molecular weight is 719 g/mol. The van der Waals surface area contributed by atoms with E-state index in [1.807, 2.05) is 19.1 Å². The number of likely N-dealkylation sites (N-methyl/N-ethyl adjacent to an activating group) is 2. The van der Waals surface area contributed by atoms with Crippen LogP contribution in [0.15, 0.2) is 48.5 Å². The lowest BCUT2D eigenvalue weighted by atomic mass is 10.1. The number of benzene rings is 2. The van der Waals surface area contributed by atoms with Gasteiger partial charge in [-0.3, -0.25) is 9.59 Å². The fourth-order valence-corrected chi connectivity index (χ4v) is 5.10. The zero-order valence-electron chi connectivity index (χ0n) is 26.0. The van der Waals surface area contributed by atoms with E-state index in [-0.39, 0.29) is 23.2 Å². The number of carbonyl (C=O) groups is 2. The van der Waals surface area contributed by atoms with Gasteiger partial charge in [-0.1, -0.05) is 39.3 Å². The fraction of sp³-hybridized carbons (Fsp3) is 0.394. The van der Waals surface area contributed by atoms with Crippen molar-refractivity contribution in [1.82, 2.24) is 30.4 Å². The third-order valence-corrected chi connectivity index (χ3v) is 7.99. The van der Waals surface area contributed by atoms with Crippen molar-refractivity contribution in [3.63, 3.8) is 0 Å². The number of fused-ring (bicyclic) bond motifs is 2. The number of hydrogen-bond donors (Lipinski definition) is 2. The van der Waals surface area contributed by atoms with Gasteiger partial charge in [0.05, 0.1) is 11.0 Å². The van der Waals surface area contributed by atoms with Gasteiger partial charge < -0.3 is 20.4 Å². The maximum absolute atomic E-state index is 14.1. The Labute approximate surface area is 271 Å². The standard InChI is InChI=1S/C17H22FN3O.C16H19FIN3O/c1-4-21(5-2)9-8-19-17(22)16-11-14(18)13-10-12(3)6-7-15(13)20-16;1-3-21(4-2)8-7-19-16(22)15-10-13(17)12-9-11(18)5-6-14(12)20-15/h6-7,10-11H,4-5,8-9H2,1-3H3,(H,19,22);5-6,9-10H,3-4,7-8H2,1-2H3,(H,19,22). The summed E-state index contributed by atoms with van der Waals surface area (Å²) in [5, 5.41) is 6.46. The second-order valence-electron chi connectivity index (χ2n) is 10.2. The molecule has 0 bridgehead atoms. The van der Waals surface area contributed by atoms with Crippen LogP contribution in [0.3, 0.4) is 0 Å². The average Bonchev–Trinajstić information content (AvgIpc) is 3.02. The van der Waals surface area contributed by atoms with Crippen molar-refractivity contribution in [2.45, 2.75) is 34.6 Å². The smallest absolute Gasteiger partial charge is 0.270 e. The molecule has 0 saturated carbocycles. The van der Waals surface area contributed by atoms with Crippen LogP contribution in [0.1, 0.15) is 54.2 Å². The first-order valence-corrected chi connectivity index (χ1v) is 16.0. The minimum Gasteiger partial charge on any atom is -0.349 e. The number of amides is 2. The second kappa shape index (κ2) is 17.3. The summed E-state index contributed by atoms with van der Waals surface area (Å²) < 4.78 is 29.2. The van der Waals surface area contributed by atoms with Crippen LogP contribution in [-0.2, 0) is 0 Å². The van der Waals surface area contributed by atoms with Gasteiger partial charge in [-0.05, 0) is 86.0 Å². The number of hydrogen-bond acceptors (Lipinski definition) is 6. The van der Waals surface area contributed by atoms with E-state index in [4.69, 9.17) is 0 Å². The molecule has 4 aromatic rings. The van der Waals surface area contributed by atoms with Crippen molar-refractivity contribution in [3.8, 4) is 0 Å². The summed E-state index contributed by atoms with van der Waals surface area (Å²) in [5.41, 5.74) is 2.19. The van der Waals surface area contributed by atoms with Crippen LogP contribution in [0.25, 0.3) is 21.8 Å². The highest BCUT2D eigenvalue weighted by molar-refractivity contribution is 14.1. The highest BCUT2D eigenvalue weighted by atomic mass is 127. The van der Waals surface area contributed by atoms with Crippen molar-refractivity contribution in [2.75, 3.05) is 52.4 Å². The molecule has 0 aliphatic carbocycles. The van der Waals surface area contributed by atoms with Crippen LogP contribution in [0.4, 0.5) is 8.78 Å². The summed E-state index contributed by atoms with van der Waals surface area (Å²) >= 11 is 2.12. The Hall–Kier alpha value is -3.29. The summed E-state index contributed by atoms with van der Waals surface area (Å²) in [4.78, 5) is 37.1. The highest BCUT2D eigenvalue weighted by Crippen LogP contribution is 2.20. The van der Waals surface area contributed by atoms with Gasteiger partial charge in [0.1, 0.15) is 23.0 Å². The minimum atomic E-state index is -0.419. The lowest BCUT2D eigenvalue weighted by molar-refractivity contribution is 0.0936. The molecule has 0 aliphatic heterocycles. The second-order valence-corrected chi connectivity index (χ2v) is 11.5. The lowest BCUT2D eigenvalue weighted by Gasteiger charge is -2.17. The number of nitrogens with zero attached hydrogens (tertiary/aromatic N) is 4. The van der Waals surface area contributed by atoms with E-state index in [1.54, 1.807) is 24.3 Å². The molecule has 0 atom stereocenters. The molecule has 4 rings (SSSR count). The van der Waals surface area contributed by atoms with Crippen LogP contribution in [0.2, 0.25) is 0 Å². The first-order valence-electron chi connectivity index (χ1n) is 14.9. The molecule has 0 aliphatic rings. The van der Waals surface area contributed by atoms with Crippen molar-refractivity contribution in [2.24, 2.45) is 0 Å². The zero-order valence-corrected chi connectivity index (χ0v) is 28.2. The Balaban J connectivity index is 0.000000240. The Morgan fingerprint density at radius 2 is 1.14 bits per heavy atom. The van der Waals surface area contributed by atoms with Gasteiger partial charge in [0.2, 0.25) is 0 Å². The first-order chi connectivity index (χ1) is 21.1. The van der Waals surface area contributed by atoms with Gasteiger partial charge in [-0.25, -0.2) is 18.7 Å². The molecule has 2 amide bonds. The van der Waals surface area contributed by atoms with Crippen molar-refractivity contribution in [3.05, 3.63) is 80.7 Å². The van der Waals surface area contributed by atoms with Crippen molar-refractivity contribution >= 4 is 56.2 Å². The van der Waals surface area contributed by atoms with E-state index >= 15 is 0 Å². The number of halogens is 3. The molecule has 0 unspecified atom stereocenters. The van der Waals surface area contributed by atoms with E-state index in [0.29, 0.717) is 34.9 Å². The Morgan fingerprint density at radius 1 is 0.705 bits per heavy atom. The van der Waals surface area contributed by atoms with E-state index in [2.05, 4.69) is 80.7 Å². The van der Waals surface area contributed by atoms with E-state index in [1.165, 1.54) is 12.1 Å². The van der Waals surface area contributed by atoms with E-state index in [0.717, 1.165) is 48.4 Å². The molecule has 2 heterocycles. The minimum absolute atomic E-state index is 0.116. The number of carbonyl (C=O) groups excluding carboxylic acids is 2. The molecule has 0 radical (unpaired) electrons. The molecule has 236 valence electrons. The topological polar surface area (TPSA) is 90.5 Å². The van der Waals surface area contributed by atoms with Gasteiger partial charge in [-0.15, -0.1) is 0 Å². The molecule has 0 saturated heterocycles. The highest BCUT2D eigenvalue weighted by Gasteiger charge is 2.14. The predicted molar refractivity (Wildman–Crippen MR) is 181 cm³/mol. The number of aromatic nitrogens is 2. The molecule has 0 fully saturated rings. The molecule has 0 spiro atoms. The van der Waals surface area contributed by atoms with Gasteiger partial charge in [0, 0.05) is 52.7 Å². The summed E-state index contributed by atoms with van der Waals surface area (Å²) in [5.74, 6) is -1.51. The fourth-order valence-electron chi connectivity index (χ4n) is 4.60. The summed E-state index contributed by atoms with van der Waals surface area (Å²) in [7, 11) is 0. The van der Waals surface area contributed by atoms with E-state index < -0.39 is 11.6 Å². The van der Waals surface area contributed by atoms with Crippen LogP contribution < -0.4 is 10.6 Å². The molecule has 2 aromatic heterocycles. The normalized spacial score (nSPS) is 11.1. The Bertz CT molecular complexity index is 1460. The molecule has 44 heavy (non-hydrogen) atoms. The van der Waals surface area contributed by atoms with Gasteiger partial charge in [0.15, 0.2) is 0 Å². The number of nitrogens with one attached hydrogen (secondary N) is 2. The Kier molecular flexibility index (Phi) is 13.8. The van der Waals surface area contributed by atoms with Crippen LogP contribution >= 0.6 is 22.6 Å². The van der Waals surface area contributed by atoms with Crippen molar-refractivity contribution in [1.29, 1.82) is 0 Å². The summed E-state index contributed by atoms with van der Waals surface area (Å²) in [6.45, 7) is 16.5. The predicted octanol–water partition coefficient (Wildman–Crippen LogP) is 5.80. The maximum Gasteiger partial charge on any atom is 0.270 e. The lowest BCUT2D eigenvalue weighted by Crippen LogP contribution is -2.35. The monoisotopic (exact) mass is 718 g/mol. The van der Waals surface area contributed by atoms with Gasteiger partial charge in [0.25, 0.3) is 11.8 Å². The molecular formula is C33H41F2IN6O2.